The summed E-state index contributed by atoms with van der Waals surface area (Å²) < 4.78 is 54.9. The van der Waals surface area contributed by atoms with E-state index in [-0.39, 0.29) is 6.61 Å². The molecule has 2 atom stereocenters. The van der Waals surface area contributed by atoms with E-state index in [1.54, 1.807) is 38.1 Å². The lowest BCUT2D eigenvalue weighted by atomic mass is 10.1. The zero-order chi connectivity index (χ0) is 17.4. The van der Waals surface area contributed by atoms with Gasteiger partial charge in [-0.1, -0.05) is 43.6 Å². The summed E-state index contributed by atoms with van der Waals surface area (Å²) in [4.78, 5) is 12.0. The van der Waals surface area contributed by atoms with Gasteiger partial charge in [-0.05, 0) is 23.5 Å². The van der Waals surface area contributed by atoms with Crippen LogP contribution in [0.15, 0.2) is 36.2 Å². The lowest BCUT2D eigenvalue weighted by Crippen LogP contribution is -2.11. The van der Waals surface area contributed by atoms with Crippen LogP contribution in [0.1, 0.15) is 19.4 Å². The average Bonchev–Trinajstić information content (AvgIpc) is 2.97. The number of hydrogen-bond donors (Lipinski definition) is 0. The fourth-order valence-corrected chi connectivity index (χ4v) is 2.74. The summed E-state index contributed by atoms with van der Waals surface area (Å²) >= 11 is 5.93. The van der Waals surface area contributed by atoms with E-state index in [0.29, 0.717) is 16.7 Å². The SMILES string of the molecule is CC1(C)[C@@H](/C=C(\F)C(F)(F)F)[C@@H]1C(=O)OCc1ccccc1Cl. The summed E-state index contributed by atoms with van der Waals surface area (Å²) in [5.74, 6) is -4.50. The van der Waals surface area contributed by atoms with Gasteiger partial charge in [0, 0.05) is 10.6 Å². The standard InChI is InChI=1S/C16H15ClF4O2/c1-15(2)10(7-12(18)16(19,20)21)13(15)14(22)23-8-9-5-3-4-6-11(9)17/h3-7,10,13H,8H2,1-2H3/b12-7-/t10-,13+/m0/s1. The quantitative estimate of drug-likeness (QED) is 0.559. The number of carbonyl (C=O) groups excluding carboxylic acids is 1. The molecule has 0 amide bonds. The Kier molecular flexibility index (Phi) is 4.76. The van der Waals surface area contributed by atoms with Crippen LogP contribution in [-0.2, 0) is 16.1 Å². The molecule has 0 spiro atoms. The van der Waals surface area contributed by atoms with Crippen molar-refractivity contribution in [1.29, 1.82) is 0 Å². The maximum Gasteiger partial charge on any atom is 0.442 e. The lowest BCUT2D eigenvalue weighted by Gasteiger charge is -2.07. The number of alkyl halides is 3. The highest BCUT2D eigenvalue weighted by Gasteiger charge is 2.62. The minimum Gasteiger partial charge on any atom is -0.461 e. The first-order valence-electron chi connectivity index (χ1n) is 6.89. The molecule has 0 radical (unpaired) electrons. The highest BCUT2D eigenvalue weighted by Crippen LogP contribution is 2.60. The van der Waals surface area contributed by atoms with E-state index in [1.165, 1.54) is 0 Å². The predicted octanol–water partition coefficient (Wildman–Crippen LogP) is 5.07. The Morgan fingerprint density at radius 2 is 1.96 bits per heavy atom. The fourth-order valence-electron chi connectivity index (χ4n) is 2.55. The van der Waals surface area contributed by atoms with Gasteiger partial charge >= 0.3 is 12.1 Å². The van der Waals surface area contributed by atoms with Gasteiger partial charge in [0.1, 0.15) is 6.61 Å². The van der Waals surface area contributed by atoms with Gasteiger partial charge in [0.05, 0.1) is 5.92 Å². The second-order valence-corrected chi connectivity index (χ2v) is 6.44. The molecule has 126 valence electrons. The first kappa shape index (κ1) is 17.8. The Balaban J connectivity index is 2.02. The molecule has 1 aromatic rings. The number of ether oxygens (including phenoxy) is 1. The number of allylic oxidation sites excluding steroid dienone is 2. The molecule has 1 aliphatic rings. The van der Waals surface area contributed by atoms with Gasteiger partial charge in [0.15, 0.2) is 5.83 Å². The van der Waals surface area contributed by atoms with E-state index in [4.69, 9.17) is 16.3 Å². The highest BCUT2D eigenvalue weighted by atomic mass is 35.5. The second-order valence-electron chi connectivity index (χ2n) is 6.04. The van der Waals surface area contributed by atoms with Crippen molar-refractivity contribution < 1.29 is 27.1 Å². The first-order valence-corrected chi connectivity index (χ1v) is 7.27. The van der Waals surface area contributed by atoms with E-state index < -0.39 is 35.2 Å². The van der Waals surface area contributed by atoms with Crippen LogP contribution in [0.5, 0.6) is 0 Å². The molecule has 0 heterocycles. The Morgan fingerprint density at radius 1 is 1.35 bits per heavy atom. The van der Waals surface area contributed by atoms with Gasteiger partial charge in [-0.2, -0.15) is 13.2 Å². The molecule has 0 aromatic heterocycles. The summed E-state index contributed by atoms with van der Waals surface area (Å²) in [6.45, 7) is 3.11. The zero-order valence-electron chi connectivity index (χ0n) is 12.5. The largest absolute Gasteiger partial charge is 0.461 e. The molecule has 2 nitrogen and oxygen atoms in total. The molecule has 2 rings (SSSR count). The zero-order valence-corrected chi connectivity index (χ0v) is 13.2. The van der Waals surface area contributed by atoms with Crippen LogP contribution in [0.2, 0.25) is 5.02 Å². The minimum atomic E-state index is -5.04. The average molecular weight is 351 g/mol. The first-order chi connectivity index (χ1) is 10.5. The van der Waals surface area contributed by atoms with Crippen molar-refractivity contribution in [2.45, 2.75) is 26.6 Å². The molecular weight excluding hydrogens is 336 g/mol. The van der Waals surface area contributed by atoms with E-state index in [2.05, 4.69) is 0 Å². The van der Waals surface area contributed by atoms with Crippen molar-refractivity contribution in [2.75, 3.05) is 0 Å². The number of benzene rings is 1. The van der Waals surface area contributed by atoms with Crippen molar-refractivity contribution in [2.24, 2.45) is 17.3 Å². The maximum atomic E-state index is 13.1. The summed E-state index contributed by atoms with van der Waals surface area (Å²) in [6.07, 6.45) is -4.58. The second kappa shape index (κ2) is 6.15. The van der Waals surface area contributed by atoms with Crippen LogP contribution in [0.25, 0.3) is 0 Å². The third-order valence-corrected chi connectivity index (χ3v) is 4.46. The number of rotatable bonds is 4. The van der Waals surface area contributed by atoms with Crippen molar-refractivity contribution in [3.8, 4) is 0 Å². The number of hydrogen-bond acceptors (Lipinski definition) is 2. The normalized spacial score (nSPS) is 23.5. The fraction of sp³-hybridized carbons (Fsp3) is 0.438. The van der Waals surface area contributed by atoms with Crippen LogP contribution >= 0.6 is 11.6 Å². The van der Waals surface area contributed by atoms with E-state index >= 15 is 0 Å². The van der Waals surface area contributed by atoms with Crippen molar-refractivity contribution >= 4 is 17.6 Å². The Hall–Kier alpha value is -1.56. The van der Waals surface area contributed by atoms with Crippen LogP contribution in [-0.4, -0.2) is 12.1 Å². The summed E-state index contributed by atoms with van der Waals surface area (Å²) in [5, 5.41) is 0.426. The molecule has 0 N–H and O–H groups in total. The van der Waals surface area contributed by atoms with Gasteiger partial charge in [-0.3, -0.25) is 4.79 Å². The van der Waals surface area contributed by atoms with E-state index in [1.807, 2.05) is 0 Å². The Morgan fingerprint density at radius 3 is 2.52 bits per heavy atom. The van der Waals surface area contributed by atoms with Crippen LogP contribution < -0.4 is 0 Å². The van der Waals surface area contributed by atoms with Gasteiger partial charge in [-0.25, -0.2) is 4.39 Å². The molecular formula is C16H15ClF4O2. The maximum absolute atomic E-state index is 13.1. The smallest absolute Gasteiger partial charge is 0.442 e. The van der Waals surface area contributed by atoms with Crippen LogP contribution in [0, 0.1) is 17.3 Å². The van der Waals surface area contributed by atoms with Gasteiger partial charge in [0.2, 0.25) is 0 Å². The number of carbonyl (C=O) groups is 1. The lowest BCUT2D eigenvalue weighted by molar-refractivity contribution is -0.147. The predicted molar refractivity (Wildman–Crippen MR) is 77.3 cm³/mol. The molecule has 1 aromatic carbocycles. The molecule has 1 aliphatic carbocycles. The topological polar surface area (TPSA) is 26.3 Å². The highest BCUT2D eigenvalue weighted by molar-refractivity contribution is 6.31. The van der Waals surface area contributed by atoms with Crippen LogP contribution in [0.4, 0.5) is 17.6 Å². The number of esters is 1. The summed E-state index contributed by atoms with van der Waals surface area (Å²) in [5.41, 5.74) is -0.185. The molecule has 0 unspecified atom stereocenters. The Labute approximate surface area is 136 Å². The van der Waals surface area contributed by atoms with E-state index in [9.17, 15) is 22.4 Å². The molecule has 7 heteroatoms. The molecule has 0 saturated heterocycles. The van der Waals surface area contributed by atoms with Gasteiger partial charge in [0.25, 0.3) is 0 Å². The summed E-state index contributed by atoms with van der Waals surface area (Å²) in [6, 6.07) is 6.75. The van der Waals surface area contributed by atoms with Gasteiger partial charge < -0.3 is 4.74 Å². The number of halogens is 5. The van der Waals surface area contributed by atoms with Crippen molar-refractivity contribution in [3.05, 3.63) is 46.8 Å². The summed E-state index contributed by atoms with van der Waals surface area (Å²) in [7, 11) is 0. The monoisotopic (exact) mass is 350 g/mol. The third kappa shape index (κ3) is 3.86. The minimum absolute atomic E-state index is 0.0801. The van der Waals surface area contributed by atoms with Gasteiger partial charge in [-0.15, -0.1) is 0 Å². The molecule has 23 heavy (non-hydrogen) atoms. The Bertz CT molecular complexity index is 637. The van der Waals surface area contributed by atoms with Crippen molar-refractivity contribution in [3.63, 3.8) is 0 Å². The third-order valence-electron chi connectivity index (χ3n) is 4.09. The van der Waals surface area contributed by atoms with E-state index in [0.717, 1.165) is 0 Å². The van der Waals surface area contributed by atoms with Crippen LogP contribution in [0.3, 0.4) is 0 Å². The molecule has 0 aliphatic heterocycles. The molecule has 1 fully saturated rings. The van der Waals surface area contributed by atoms with Crippen molar-refractivity contribution in [1.82, 2.24) is 0 Å². The molecule has 0 bridgehead atoms. The molecule has 1 saturated carbocycles.